The monoisotopic (exact) mass is 536 g/mol. The Kier molecular flexibility index (Phi) is 8.70. The zero-order valence-electron chi connectivity index (χ0n) is 19.9. The Balaban J connectivity index is 1.45. The van der Waals surface area contributed by atoms with Gasteiger partial charge in [-0.05, 0) is 54.1 Å². The maximum absolute atomic E-state index is 13.4. The first-order valence-electron chi connectivity index (χ1n) is 11.6. The average Bonchev–Trinajstić information content (AvgIpc) is 2.92. The molecule has 5 nitrogen and oxygen atoms in total. The van der Waals surface area contributed by atoms with Crippen molar-refractivity contribution < 1.29 is 27.5 Å². The van der Waals surface area contributed by atoms with Gasteiger partial charge in [-0.2, -0.15) is 13.2 Å². The molecule has 1 atom stereocenters. The van der Waals surface area contributed by atoms with Gasteiger partial charge in [-0.1, -0.05) is 60.7 Å². The van der Waals surface area contributed by atoms with E-state index < -0.39 is 22.9 Å². The zero-order chi connectivity index (χ0) is 27.0. The lowest BCUT2D eigenvalue weighted by Gasteiger charge is -2.19. The van der Waals surface area contributed by atoms with E-state index in [0.717, 1.165) is 6.07 Å². The van der Waals surface area contributed by atoms with Gasteiger partial charge in [-0.3, -0.25) is 9.59 Å². The number of para-hydroxylation sites is 2. The maximum Gasteiger partial charge on any atom is 0.418 e. The molecule has 38 heavy (non-hydrogen) atoms. The molecule has 194 valence electrons. The Morgan fingerprint density at radius 1 is 0.763 bits per heavy atom. The minimum Gasteiger partial charge on any atom is -0.484 e. The third kappa shape index (κ3) is 7.39. The molecule has 0 aromatic heterocycles. The Morgan fingerprint density at radius 2 is 1.37 bits per heavy atom. The Bertz CT molecular complexity index is 1370. The lowest BCUT2D eigenvalue weighted by atomic mass is 10.1. The number of rotatable bonds is 9. The number of amides is 2. The number of nitrogens with one attached hydrogen (secondary N) is 2. The molecular formula is C29H23F3N2O3S. The summed E-state index contributed by atoms with van der Waals surface area (Å²) >= 11 is 1.19. The third-order valence-corrected chi connectivity index (χ3v) is 6.60. The predicted octanol–water partition coefficient (Wildman–Crippen LogP) is 7.20. The molecule has 4 rings (SSSR count). The molecule has 0 saturated carbocycles. The summed E-state index contributed by atoms with van der Waals surface area (Å²) in [4.78, 5) is 26.1. The van der Waals surface area contributed by atoms with Crippen LogP contribution in [0.1, 0.15) is 16.4 Å². The summed E-state index contributed by atoms with van der Waals surface area (Å²) in [5.74, 6) is -0.343. The quantitative estimate of drug-likeness (QED) is 0.222. The minimum atomic E-state index is -4.61. The number of benzene rings is 4. The van der Waals surface area contributed by atoms with E-state index in [4.69, 9.17) is 4.74 Å². The van der Waals surface area contributed by atoms with Crippen molar-refractivity contribution >= 4 is 35.0 Å². The molecule has 0 aliphatic carbocycles. The molecule has 0 heterocycles. The van der Waals surface area contributed by atoms with Crippen LogP contribution < -0.4 is 15.4 Å². The van der Waals surface area contributed by atoms with Gasteiger partial charge in [0.2, 0.25) is 5.91 Å². The fourth-order valence-corrected chi connectivity index (χ4v) is 4.58. The highest BCUT2D eigenvalue weighted by Gasteiger charge is 2.34. The molecule has 0 fully saturated rings. The number of thioether (sulfide) groups is 1. The fourth-order valence-electron chi connectivity index (χ4n) is 3.55. The Labute approximate surface area is 222 Å². The summed E-state index contributed by atoms with van der Waals surface area (Å²) in [6.07, 6.45) is -4.61. The summed E-state index contributed by atoms with van der Waals surface area (Å²) in [6, 6.07) is 29.5. The Morgan fingerprint density at radius 3 is 2.03 bits per heavy atom. The van der Waals surface area contributed by atoms with Gasteiger partial charge in [0.1, 0.15) is 11.0 Å². The Hall–Kier alpha value is -4.24. The molecule has 2 amide bonds. The molecular weight excluding hydrogens is 513 g/mol. The van der Waals surface area contributed by atoms with Crippen molar-refractivity contribution in [2.45, 2.75) is 16.3 Å². The molecule has 4 aromatic carbocycles. The summed E-state index contributed by atoms with van der Waals surface area (Å²) in [6.45, 7) is -0.157. The van der Waals surface area contributed by atoms with Crippen molar-refractivity contribution in [3.05, 3.63) is 120 Å². The number of hydrogen-bond donors (Lipinski definition) is 2. The van der Waals surface area contributed by atoms with Crippen LogP contribution in [0.2, 0.25) is 0 Å². The molecule has 0 aliphatic heterocycles. The van der Waals surface area contributed by atoms with Crippen LogP contribution >= 0.6 is 11.8 Å². The highest BCUT2D eigenvalue weighted by Crippen LogP contribution is 2.39. The van der Waals surface area contributed by atoms with E-state index >= 15 is 0 Å². The van der Waals surface area contributed by atoms with Gasteiger partial charge >= 0.3 is 6.18 Å². The number of hydrogen-bond acceptors (Lipinski definition) is 4. The van der Waals surface area contributed by atoms with Crippen molar-refractivity contribution in [3.8, 4) is 5.75 Å². The van der Waals surface area contributed by atoms with Gasteiger partial charge < -0.3 is 15.4 Å². The second kappa shape index (κ2) is 12.3. The number of anilines is 2. The normalized spacial score (nSPS) is 11.9. The third-order valence-electron chi connectivity index (χ3n) is 5.34. The van der Waals surface area contributed by atoms with Crippen LogP contribution in [-0.4, -0.2) is 18.4 Å². The second-order valence-electron chi connectivity index (χ2n) is 8.12. The summed E-state index contributed by atoms with van der Waals surface area (Å²) in [5, 5.41) is 4.37. The van der Waals surface area contributed by atoms with Crippen molar-refractivity contribution in [3.63, 3.8) is 0 Å². The number of halogens is 3. The summed E-state index contributed by atoms with van der Waals surface area (Å²) in [5.41, 5.74) is -0.0467. The zero-order valence-corrected chi connectivity index (χ0v) is 20.8. The van der Waals surface area contributed by atoms with E-state index in [1.807, 2.05) is 18.2 Å². The van der Waals surface area contributed by atoms with Crippen molar-refractivity contribution in [2.24, 2.45) is 0 Å². The highest BCUT2D eigenvalue weighted by molar-refractivity contribution is 8.00. The fraction of sp³-hybridized carbons (Fsp3) is 0.103. The van der Waals surface area contributed by atoms with Gasteiger partial charge in [0, 0.05) is 10.6 Å². The van der Waals surface area contributed by atoms with Gasteiger partial charge in [0.15, 0.2) is 6.61 Å². The van der Waals surface area contributed by atoms with Crippen LogP contribution in [-0.2, 0) is 15.8 Å². The van der Waals surface area contributed by atoms with Crippen molar-refractivity contribution in [2.75, 3.05) is 17.2 Å². The molecule has 0 bridgehead atoms. The molecule has 2 N–H and O–H groups in total. The van der Waals surface area contributed by atoms with Crippen molar-refractivity contribution in [1.29, 1.82) is 0 Å². The van der Waals surface area contributed by atoms with Crippen LogP contribution in [0, 0.1) is 0 Å². The van der Waals surface area contributed by atoms with E-state index in [0.29, 0.717) is 21.9 Å². The van der Waals surface area contributed by atoms with E-state index in [-0.39, 0.29) is 18.2 Å². The molecule has 0 spiro atoms. The van der Waals surface area contributed by atoms with Crippen LogP contribution in [0.4, 0.5) is 24.5 Å². The van der Waals surface area contributed by atoms with E-state index in [9.17, 15) is 22.8 Å². The smallest absolute Gasteiger partial charge is 0.418 e. The van der Waals surface area contributed by atoms with Gasteiger partial charge in [-0.25, -0.2) is 0 Å². The van der Waals surface area contributed by atoms with Gasteiger partial charge in [-0.15, -0.1) is 11.8 Å². The summed E-state index contributed by atoms with van der Waals surface area (Å²) in [7, 11) is 0. The largest absolute Gasteiger partial charge is 0.484 e. The first-order chi connectivity index (χ1) is 18.3. The average molecular weight is 537 g/mol. The first kappa shape index (κ1) is 26.8. The molecule has 9 heteroatoms. The topological polar surface area (TPSA) is 67.4 Å². The standard InChI is InChI=1S/C29H23F3N2O3S/c30-29(31,32)24-13-7-8-14-25(24)34-28(36)27(20-9-3-1-4-10-20)38-23-17-15-21(16-18-23)33-26(35)19-37-22-11-5-2-6-12-22/h1-18,27H,19H2,(H,33,35)(H,34,36). The minimum absolute atomic E-state index is 0.157. The van der Waals surface area contributed by atoms with Crippen LogP contribution in [0.5, 0.6) is 5.75 Å². The predicted molar refractivity (Wildman–Crippen MR) is 142 cm³/mol. The van der Waals surface area contributed by atoms with Crippen LogP contribution in [0.25, 0.3) is 0 Å². The van der Waals surface area contributed by atoms with E-state index in [1.165, 1.54) is 30.0 Å². The molecule has 0 radical (unpaired) electrons. The molecule has 0 aliphatic rings. The summed E-state index contributed by atoms with van der Waals surface area (Å²) < 4.78 is 45.8. The number of alkyl halides is 3. The van der Waals surface area contributed by atoms with Crippen LogP contribution in [0.15, 0.2) is 114 Å². The second-order valence-corrected chi connectivity index (χ2v) is 9.29. The number of ether oxygens (including phenoxy) is 1. The number of carbonyl (C=O) groups is 2. The van der Waals surface area contributed by atoms with Gasteiger partial charge in [0.05, 0.1) is 11.3 Å². The van der Waals surface area contributed by atoms with E-state index in [1.54, 1.807) is 66.7 Å². The van der Waals surface area contributed by atoms with Crippen LogP contribution in [0.3, 0.4) is 0 Å². The molecule has 4 aromatic rings. The highest BCUT2D eigenvalue weighted by atomic mass is 32.2. The number of carbonyl (C=O) groups excluding carboxylic acids is 2. The SMILES string of the molecule is O=C(COc1ccccc1)Nc1ccc(SC(C(=O)Nc2ccccc2C(F)(F)F)c2ccccc2)cc1. The van der Waals surface area contributed by atoms with E-state index in [2.05, 4.69) is 10.6 Å². The van der Waals surface area contributed by atoms with Crippen molar-refractivity contribution in [1.82, 2.24) is 0 Å². The first-order valence-corrected chi connectivity index (χ1v) is 12.4. The lowest BCUT2D eigenvalue weighted by molar-refractivity contribution is -0.137. The molecule has 1 unspecified atom stereocenters. The van der Waals surface area contributed by atoms with Gasteiger partial charge in [0.25, 0.3) is 5.91 Å². The lowest BCUT2D eigenvalue weighted by Crippen LogP contribution is -2.21. The maximum atomic E-state index is 13.4. The molecule has 0 saturated heterocycles.